The number of ether oxygens (including phenoxy) is 4. The molecular weight excluding hydrogens is 572 g/mol. The summed E-state index contributed by atoms with van der Waals surface area (Å²) in [7, 11) is 0. The summed E-state index contributed by atoms with van der Waals surface area (Å²) in [6.07, 6.45) is -0.828. The first-order valence-electron chi connectivity index (χ1n) is 15.5. The summed E-state index contributed by atoms with van der Waals surface area (Å²) in [6.45, 7) is 20.9. The molecule has 0 amide bonds. The van der Waals surface area contributed by atoms with Gasteiger partial charge < -0.3 is 18.9 Å². The van der Waals surface area contributed by atoms with E-state index < -0.39 is 76.4 Å². The Labute approximate surface area is 268 Å². The number of carbonyl (C=O) groups is 4. The zero-order valence-corrected chi connectivity index (χ0v) is 29.0. The maximum absolute atomic E-state index is 14.5. The van der Waals surface area contributed by atoms with Crippen molar-refractivity contribution in [2.45, 2.75) is 124 Å². The van der Waals surface area contributed by atoms with E-state index in [0.717, 1.165) is 11.1 Å². The number of fused-ring (bicyclic) bond motifs is 3. The van der Waals surface area contributed by atoms with Gasteiger partial charge in [-0.25, -0.2) is 0 Å². The van der Waals surface area contributed by atoms with Gasteiger partial charge in [0, 0.05) is 5.41 Å². The van der Waals surface area contributed by atoms with Crippen LogP contribution in [0.1, 0.15) is 107 Å². The first kappa shape index (κ1) is 35.8. The molecule has 45 heavy (non-hydrogen) atoms. The van der Waals surface area contributed by atoms with Crippen molar-refractivity contribution in [2.24, 2.45) is 11.8 Å². The standard InChI is InChI=1S/C37H50O8/c1-33(2,3)42-29(38)21-27(31(40)44-35(7,8)9)37(25-19-15-13-17-23(25)24-18-14-16-20-26(24)37)28(32(41)45-36(10,11)12)22-30(39)43-34(4,5)6/h13-20,27-28H,21-22H2,1-12H3. The Balaban J connectivity index is 2.47. The van der Waals surface area contributed by atoms with Crippen LogP contribution in [0, 0.1) is 11.8 Å². The fourth-order valence-electron chi connectivity index (χ4n) is 6.00. The molecule has 2 aromatic rings. The Hall–Kier alpha value is -3.68. The number of carbonyl (C=O) groups excluding carboxylic acids is 4. The van der Waals surface area contributed by atoms with Crippen molar-refractivity contribution in [1.82, 2.24) is 0 Å². The average molecular weight is 623 g/mol. The molecule has 2 unspecified atom stereocenters. The normalized spacial score (nSPS) is 15.6. The average Bonchev–Trinajstić information content (AvgIpc) is 3.12. The lowest BCUT2D eigenvalue weighted by Crippen LogP contribution is -2.53. The van der Waals surface area contributed by atoms with Crippen molar-refractivity contribution >= 4 is 23.9 Å². The predicted octanol–water partition coefficient (Wildman–Crippen LogP) is 7.33. The van der Waals surface area contributed by atoms with Gasteiger partial charge in [-0.3, -0.25) is 19.2 Å². The molecule has 246 valence electrons. The number of hydrogen-bond donors (Lipinski definition) is 0. The minimum absolute atomic E-state index is 0.414. The summed E-state index contributed by atoms with van der Waals surface area (Å²) in [5.41, 5.74) is -2.29. The van der Waals surface area contributed by atoms with Gasteiger partial charge in [-0.15, -0.1) is 0 Å². The molecule has 0 spiro atoms. The summed E-state index contributed by atoms with van der Waals surface area (Å²) in [4.78, 5) is 56.3. The third-order valence-electron chi connectivity index (χ3n) is 7.10. The zero-order chi connectivity index (χ0) is 34.2. The van der Waals surface area contributed by atoms with Gasteiger partial charge >= 0.3 is 23.9 Å². The van der Waals surface area contributed by atoms with Crippen LogP contribution in [-0.2, 0) is 43.5 Å². The van der Waals surface area contributed by atoms with Crippen LogP contribution >= 0.6 is 0 Å². The molecule has 1 aliphatic carbocycles. The highest BCUT2D eigenvalue weighted by Crippen LogP contribution is 2.59. The predicted molar refractivity (Wildman–Crippen MR) is 172 cm³/mol. The quantitative estimate of drug-likeness (QED) is 0.223. The molecular formula is C37H50O8. The SMILES string of the molecule is CC(C)(C)OC(=O)CC(C(=O)OC(C)(C)C)C1(C(CC(=O)OC(C)(C)C)C(=O)OC(C)(C)C)c2ccccc2-c2ccccc21. The van der Waals surface area contributed by atoms with Crippen LogP contribution in [0.2, 0.25) is 0 Å². The second-order valence-corrected chi connectivity index (χ2v) is 15.7. The van der Waals surface area contributed by atoms with E-state index in [2.05, 4.69) is 0 Å². The van der Waals surface area contributed by atoms with E-state index in [1.54, 1.807) is 83.1 Å². The highest BCUT2D eigenvalue weighted by molar-refractivity contribution is 5.93. The summed E-state index contributed by atoms with van der Waals surface area (Å²) < 4.78 is 23.5. The minimum Gasteiger partial charge on any atom is -0.460 e. The summed E-state index contributed by atoms with van der Waals surface area (Å²) in [5.74, 6) is -5.23. The van der Waals surface area contributed by atoms with Crippen molar-refractivity contribution in [2.75, 3.05) is 0 Å². The van der Waals surface area contributed by atoms with Crippen molar-refractivity contribution < 1.29 is 38.1 Å². The molecule has 0 saturated carbocycles. The Morgan fingerprint density at radius 1 is 0.511 bits per heavy atom. The van der Waals surface area contributed by atoms with Crippen molar-refractivity contribution in [3.63, 3.8) is 0 Å². The molecule has 0 radical (unpaired) electrons. The molecule has 0 saturated heterocycles. The fraction of sp³-hybridized carbons (Fsp3) is 0.568. The maximum atomic E-state index is 14.5. The molecule has 0 heterocycles. The topological polar surface area (TPSA) is 105 Å². The van der Waals surface area contributed by atoms with E-state index in [0.29, 0.717) is 11.1 Å². The Kier molecular flexibility index (Phi) is 10.0. The van der Waals surface area contributed by atoms with Gasteiger partial charge in [-0.1, -0.05) is 48.5 Å². The Morgan fingerprint density at radius 3 is 1.09 bits per heavy atom. The molecule has 2 aromatic carbocycles. The molecule has 0 bridgehead atoms. The summed E-state index contributed by atoms with van der Waals surface area (Å²) in [6, 6.07) is 14.9. The van der Waals surface area contributed by atoms with E-state index in [1.165, 1.54) is 0 Å². The Morgan fingerprint density at radius 2 is 0.800 bits per heavy atom. The van der Waals surface area contributed by atoms with Gasteiger partial charge in [0.15, 0.2) is 0 Å². The van der Waals surface area contributed by atoms with Gasteiger partial charge in [0.05, 0.1) is 24.7 Å². The molecule has 0 aliphatic heterocycles. The third kappa shape index (κ3) is 8.74. The smallest absolute Gasteiger partial charge is 0.311 e. The number of esters is 4. The van der Waals surface area contributed by atoms with Gasteiger partial charge in [-0.05, 0) is 105 Å². The molecule has 1 aliphatic rings. The number of benzene rings is 2. The molecule has 8 nitrogen and oxygen atoms in total. The van der Waals surface area contributed by atoms with E-state index in [1.807, 2.05) is 48.5 Å². The van der Waals surface area contributed by atoms with Crippen molar-refractivity contribution in [1.29, 1.82) is 0 Å². The lowest BCUT2D eigenvalue weighted by atomic mass is 9.58. The van der Waals surface area contributed by atoms with Crippen LogP contribution in [0.5, 0.6) is 0 Å². The molecule has 0 fully saturated rings. The van der Waals surface area contributed by atoms with Crippen LogP contribution in [-0.4, -0.2) is 46.3 Å². The maximum Gasteiger partial charge on any atom is 0.311 e. The molecule has 0 N–H and O–H groups in total. The first-order valence-corrected chi connectivity index (χ1v) is 15.5. The lowest BCUT2D eigenvalue weighted by Gasteiger charge is -2.44. The first-order chi connectivity index (χ1) is 20.4. The van der Waals surface area contributed by atoms with Crippen LogP contribution in [0.3, 0.4) is 0 Å². The number of rotatable bonds is 8. The van der Waals surface area contributed by atoms with Gasteiger partial charge in [0.1, 0.15) is 22.4 Å². The van der Waals surface area contributed by atoms with Crippen LogP contribution in [0.4, 0.5) is 0 Å². The third-order valence-corrected chi connectivity index (χ3v) is 7.10. The van der Waals surface area contributed by atoms with Crippen LogP contribution in [0.25, 0.3) is 11.1 Å². The monoisotopic (exact) mass is 622 g/mol. The molecule has 3 rings (SSSR count). The fourth-order valence-corrected chi connectivity index (χ4v) is 6.00. The van der Waals surface area contributed by atoms with Crippen LogP contribution in [0.15, 0.2) is 48.5 Å². The van der Waals surface area contributed by atoms with E-state index >= 15 is 0 Å². The number of hydrogen-bond acceptors (Lipinski definition) is 8. The highest BCUT2D eigenvalue weighted by Gasteiger charge is 2.61. The van der Waals surface area contributed by atoms with Gasteiger partial charge in [0.2, 0.25) is 0 Å². The van der Waals surface area contributed by atoms with Gasteiger partial charge in [-0.2, -0.15) is 0 Å². The van der Waals surface area contributed by atoms with E-state index in [-0.39, 0.29) is 0 Å². The second kappa shape index (κ2) is 12.6. The van der Waals surface area contributed by atoms with E-state index in [9.17, 15) is 19.2 Å². The van der Waals surface area contributed by atoms with Gasteiger partial charge in [0.25, 0.3) is 0 Å². The highest BCUT2D eigenvalue weighted by atomic mass is 16.6. The molecule has 2 atom stereocenters. The largest absolute Gasteiger partial charge is 0.460 e. The van der Waals surface area contributed by atoms with Crippen molar-refractivity contribution in [3.05, 3.63) is 59.7 Å². The zero-order valence-electron chi connectivity index (χ0n) is 29.0. The van der Waals surface area contributed by atoms with Crippen molar-refractivity contribution in [3.8, 4) is 11.1 Å². The summed E-state index contributed by atoms with van der Waals surface area (Å²) >= 11 is 0. The van der Waals surface area contributed by atoms with Crippen LogP contribution < -0.4 is 0 Å². The molecule has 8 heteroatoms. The molecule has 0 aromatic heterocycles. The summed E-state index contributed by atoms with van der Waals surface area (Å²) in [5, 5.41) is 0. The minimum atomic E-state index is -1.56. The Bertz CT molecular complexity index is 1320. The lowest BCUT2D eigenvalue weighted by molar-refractivity contribution is -0.177. The van der Waals surface area contributed by atoms with E-state index in [4.69, 9.17) is 18.9 Å². The second-order valence-electron chi connectivity index (χ2n) is 15.7.